The smallest absolute Gasteiger partial charge is 0.0726 e. The van der Waals surface area contributed by atoms with Gasteiger partial charge in [-0.05, 0) is 146 Å². The topological polar surface area (TPSA) is 8.17 Å². The van der Waals surface area contributed by atoms with Gasteiger partial charge >= 0.3 is 0 Å². The highest BCUT2D eigenvalue weighted by Gasteiger charge is 2.52. The summed E-state index contributed by atoms with van der Waals surface area (Å²) in [5.74, 6) is 0. The van der Waals surface area contributed by atoms with Gasteiger partial charge in [-0.15, -0.1) is 0 Å². The number of para-hydroxylation sites is 2. The lowest BCUT2D eigenvalue weighted by molar-refractivity contribution is 0.794. The van der Waals surface area contributed by atoms with Gasteiger partial charge in [0, 0.05) is 33.5 Å². The third kappa shape index (κ3) is 5.33. The van der Waals surface area contributed by atoms with E-state index in [1.54, 1.807) is 0 Å². The van der Waals surface area contributed by atoms with Gasteiger partial charge in [-0.2, -0.15) is 0 Å². The molecule has 1 spiro atoms. The van der Waals surface area contributed by atoms with E-state index in [0.717, 1.165) is 17.1 Å². The molecule has 0 fully saturated rings. The molecule has 0 saturated heterocycles. The molecule has 0 unspecified atom stereocenters. The van der Waals surface area contributed by atoms with Crippen LogP contribution in [-0.2, 0) is 5.41 Å². The van der Waals surface area contributed by atoms with Crippen molar-refractivity contribution in [2.75, 3.05) is 4.90 Å². The molecule has 0 saturated carbocycles. The van der Waals surface area contributed by atoms with Crippen LogP contribution in [-0.4, -0.2) is 4.57 Å². The molecule has 0 N–H and O–H groups in total. The average Bonchev–Trinajstić information content (AvgIpc) is 3.96. The molecule has 2 heteroatoms. The van der Waals surface area contributed by atoms with Crippen LogP contribution in [0.2, 0.25) is 0 Å². The van der Waals surface area contributed by atoms with Crippen molar-refractivity contribution in [3.63, 3.8) is 0 Å². The number of rotatable bonds is 6. The molecule has 1 heterocycles. The van der Waals surface area contributed by atoms with E-state index in [4.69, 9.17) is 0 Å². The maximum atomic E-state index is 2.51. The quantitative estimate of drug-likeness (QED) is 0.162. The molecule has 0 aliphatic heterocycles. The summed E-state index contributed by atoms with van der Waals surface area (Å²) < 4.78 is 2.41. The van der Waals surface area contributed by atoms with Crippen LogP contribution in [0.4, 0.5) is 17.1 Å². The highest BCUT2D eigenvalue weighted by Crippen LogP contribution is 2.63. The van der Waals surface area contributed by atoms with Crippen LogP contribution in [0.15, 0.2) is 237 Å². The predicted molar refractivity (Wildman–Crippen MR) is 267 cm³/mol. The molecule has 13 rings (SSSR count). The minimum Gasteiger partial charge on any atom is -0.310 e. The lowest BCUT2D eigenvalue weighted by Gasteiger charge is -2.32. The molecule has 1 aromatic heterocycles. The van der Waals surface area contributed by atoms with E-state index < -0.39 is 5.41 Å². The zero-order valence-corrected chi connectivity index (χ0v) is 35.4. The van der Waals surface area contributed by atoms with Crippen LogP contribution in [0.5, 0.6) is 0 Å². The Morgan fingerprint density at radius 3 is 1.56 bits per heavy atom. The van der Waals surface area contributed by atoms with E-state index in [-0.39, 0.29) is 0 Å². The summed E-state index contributed by atoms with van der Waals surface area (Å²) in [5.41, 5.74) is 23.0. The second kappa shape index (κ2) is 14.2. The molecule has 0 amide bonds. The summed E-state index contributed by atoms with van der Waals surface area (Å²) in [6, 6.07) is 87.8. The van der Waals surface area contributed by atoms with Crippen LogP contribution in [0.25, 0.3) is 72.0 Å². The Bertz CT molecular complexity index is 3550. The molecular formula is C62H42N2. The van der Waals surface area contributed by atoms with Gasteiger partial charge < -0.3 is 9.47 Å². The summed E-state index contributed by atoms with van der Waals surface area (Å²) in [6.07, 6.45) is 0. The van der Waals surface area contributed by atoms with Crippen LogP contribution in [0, 0.1) is 6.92 Å². The molecule has 0 atom stereocenters. The molecule has 2 aliphatic carbocycles. The third-order valence-corrected chi connectivity index (χ3v) is 13.9. The lowest BCUT2D eigenvalue weighted by Crippen LogP contribution is -2.26. The van der Waals surface area contributed by atoms with Gasteiger partial charge in [0.05, 0.1) is 16.4 Å². The zero-order chi connectivity index (χ0) is 42.4. The first-order valence-electron chi connectivity index (χ1n) is 22.3. The monoisotopic (exact) mass is 814 g/mol. The fourth-order valence-corrected chi connectivity index (χ4v) is 11.0. The van der Waals surface area contributed by atoms with Crippen LogP contribution in [0.1, 0.15) is 27.8 Å². The Hall–Kier alpha value is -8.20. The summed E-state index contributed by atoms with van der Waals surface area (Å²) in [6.45, 7) is 2.15. The summed E-state index contributed by atoms with van der Waals surface area (Å²) >= 11 is 0. The zero-order valence-electron chi connectivity index (χ0n) is 35.4. The Labute approximate surface area is 373 Å². The number of benzene rings is 10. The first kappa shape index (κ1) is 36.5. The maximum absolute atomic E-state index is 2.51. The summed E-state index contributed by atoms with van der Waals surface area (Å²) in [4.78, 5) is 2.41. The fourth-order valence-electron chi connectivity index (χ4n) is 11.0. The number of aromatic nitrogens is 1. The van der Waals surface area contributed by atoms with Gasteiger partial charge in [0.2, 0.25) is 0 Å². The van der Waals surface area contributed by atoms with Gasteiger partial charge in [-0.1, -0.05) is 169 Å². The normalized spacial score (nSPS) is 12.9. The van der Waals surface area contributed by atoms with E-state index in [1.807, 2.05) is 0 Å². The second-order valence-corrected chi connectivity index (χ2v) is 17.3. The van der Waals surface area contributed by atoms with E-state index >= 15 is 0 Å². The van der Waals surface area contributed by atoms with Gasteiger partial charge in [0.1, 0.15) is 0 Å². The molecule has 11 aromatic rings. The van der Waals surface area contributed by atoms with E-state index in [9.17, 15) is 0 Å². The summed E-state index contributed by atoms with van der Waals surface area (Å²) in [7, 11) is 0. The second-order valence-electron chi connectivity index (χ2n) is 17.3. The maximum Gasteiger partial charge on any atom is 0.0726 e. The van der Waals surface area contributed by atoms with E-state index in [2.05, 4.69) is 253 Å². The standard InChI is InChI=1S/C62H42N2/c1-41-24-30-48(31-25-41)64-60-23-13-10-20-54(60)55-38-44(29-37-61(55)64)45-28-35-52-53-36-34-49(63(46-16-6-3-7-17-46)47-32-26-43(27-33-47)42-14-4-2-5-15-42)40-59(53)62(58(52)39-45)56-21-11-8-18-50(56)51-19-9-12-22-57(51)62/h2-40H,1H3. The molecule has 0 bridgehead atoms. The van der Waals surface area contributed by atoms with Gasteiger partial charge in [-0.25, -0.2) is 0 Å². The van der Waals surface area contributed by atoms with Crippen molar-refractivity contribution in [1.82, 2.24) is 4.57 Å². The number of anilines is 3. The highest BCUT2D eigenvalue weighted by atomic mass is 15.1. The minimum atomic E-state index is -0.519. The summed E-state index contributed by atoms with van der Waals surface area (Å²) in [5, 5.41) is 2.51. The average molecular weight is 815 g/mol. The molecule has 300 valence electrons. The van der Waals surface area contributed by atoms with Crippen LogP contribution < -0.4 is 4.90 Å². The van der Waals surface area contributed by atoms with Gasteiger partial charge in [-0.3, -0.25) is 0 Å². The van der Waals surface area contributed by atoms with Crippen molar-refractivity contribution in [3.8, 4) is 50.2 Å². The fraction of sp³-hybridized carbons (Fsp3) is 0.0323. The Morgan fingerprint density at radius 1 is 0.328 bits per heavy atom. The van der Waals surface area contributed by atoms with Gasteiger partial charge in [0.15, 0.2) is 0 Å². The number of nitrogens with zero attached hydrogens (tertiary/aromatic N) is 2. The van der Waals surface area contributed by atoms with Crippen molar-refractivity contribution >= 4 is 38.9 Å². The van der Waals surface area contributed by atoms with Crippen LogP contribution >= 0.6 is 0 Å². The van der Waals surface area contributed by atoms with E-state index in [0.29, 0.717) is 0 Å². The first-order chi connectivity index (χ1) is 31.6. The Kier molecular flexibility index (Phi) is 8.07. The first-order valence-corrected chi connectivity index (χ1v) is 22.3. The highest BCUT2D eigenvalue weighted by molar-refractivity contribution is 6.10. The number of hydrogen-bond donors (Lipinski definition) is 0. The van der Waals surface area contributed by atoms with Crippen molar-refractivity contribution in [2.45, 2.75) is 12.3 Å². The van der Waals surface area contributed by atoms with Crippen molar-refractivity contribution in [2.24, 2.45) is 0 Å². The lowest BCUT2D eigenvalue weighted by atomic mass is 9.70. The molecular weight excluding hydrogens is 773 g/mol. The minimum absolute atomic E-state index is 0.519. The largest absolute Gasteiger partial charge is 0.310 e. The Morgan fingerprint density at radius 2 is 0.828 bits per heavy atom. The SMILES string of the molecule is Cc1ccc(-n2c3ccccc3c3cc(-c4ccc5c(c4)C4(c6ccccc6-c6ccccc64)c4cc(N(c6ccccc6)c6ccc(-c7ccccc7)cc6)ccc4-5)ccc32)cc1. The molecule has 0 radical (unpaired) electrons. The molecule has 2 aliphatic rings. The molecule has 10 aromatic carbocycles. The molecule has 2 nitrogen and oxygen atoms in total. The third-order valence-electron chi connectivity index (χ3n) is 13.9. The van der Waals surface area contributed by atoms with Crippen LogP contribution in [0.3, 0.4) is 0 Å². The van der Waals surface area contributed by atoms with Crippen molar-refractivity contribution < 1.29 is 0 Å². The molecule has 64 heavy (non-hydrogen) atoms. The van der Waals surface area contributed by atoms with Gasteiger partial charge in [0.25, 0.3) is 0 Å². The predicted octanol–water partition coefficient (Wildman–Crippen LogP) is 16.2. The number of fused-ring (bicyclic) bond motifs is 13. The van der Waals surface area contributed by atoms with Crippen molar-refractivity contribution in [1.29, 1.82) is 0 Å². The van der Waals surface area contributed by atoms with Crippen molar-refractivity contribution in [3.05, 3.63) is 264 Å². The number of aryl methyl sites for hydroxylation is 1. The number of hydrogen-bond acceptors (Lipinski definition) is 1. The Balaban J connectivity index is 1.01. The van der Waals surface area contributed by atoms with E-state index in [1.165, 1.54) is 99.8 Å².